The minimum atomic E-state index is -0.969. The molecule has 1 N–H and O–H groups in total. The largest absolute Gasteiger partial charge is 0.480 e. The lowest BCUT2D eigenvalue weighted by molar-refractivity contribution is -0.148. The van der Waals surface area contributed by atoms with Crippen molar-refractivity contribution < 1.29 is 14.7 Å². The van der Waals surface area contributed by atoms with Crippen molar-refractivity contribution in [3.63, 3.8) is 0 Å². The minimum absolute atomic E-state index is 0.0621. The Balaban J connectivity index is 2.05. The van der Waals surface area contributed by atoms with E-state index >= 15 is 0 Å². The maximum atomic E-state index is 12.2. The lowest BCUT2D eigenvalue weighted by Gasteiger charge is -2.21. The molecule has 2 rings (SSSR count). The van der Waals surface area contributed by atoms with Crippen LogP contribution in [0.2, 0.25) is 0 Å². The smallest absolute Gasteiger partial charge is 0.326 e. The summed E-state index contributed by atoms with van der Waals surface area (Å²) in [5, 5.41) is 8.94. The molecule has 1 aromatic rings. The van der Waals surface area contributed by atoms with E-state index in [4.69, 9.17) is 5.11 Å². The Morgan fingerprint density at radius 3 is 2.58 bits per heavy atom. The number of aliphatic carboxylic acids is 1. The van der Waals surface area contributed by atoms with E-state index in [1.54, 1.807) is 7.05 Å². The summed E-state index contributed by atoms with van der Waals surface area (Å²) in [7, 11) is 1.56. The van der Waals surface area contributed by atoms with Crippen LogP contribution in [0.25, 0.3) is 0 Å². The zero-order valence-corrected chi connectivity index (χ0v) is 11.5. The molecule has 1 fully saturated rings. The van der Waals surface area contributed by atoms with Gasteiger partial charge in [-0.25, -0.2) is 4.79 Å². The summed E-state index contributed by atoms with van der Waals surface area (Å²) in [5.74, 6) is -0.850. The van der Waals surface area contributed by atoms with Crippen molar-refractivity contribution in [2.24, 2.45) is 5.92 Å². The molecule has 1 amide bonds. The second-order valence-corrected chi connectivity index (χ2v) is 5.27. The predicted octanol–water partition coefficient (Wildman–Crippen LogP) is 2.03. The van der Waals surface area contributed by atoms with Gasteiger partial charge in [0.2, 0.25) is 5.91 Å². The summed E-state index contributed by atoms with van der Waals surface area (Å²) in [5.41, 5.74) is 2.40. The topological polar surface area (TPSA) is 57.6 Å². The molecule has 0 spiro atoms. The molecule has 1 aliphatic carbocycles. The summed E-state index contributed by atoms with van der Waals surface area (Å²) < 4.78 is 0. The maximum Gasteiger partial charge on any atom is 0.326 e. The van der Waals surface area contributed by atoms with Gasteiger partial charge in [0.25, 0.3) is 0 Å². The number of amides is 1. The first kappa shape index (κ1) is 13.6. The molecular weight excluding hydrogens is 242 g/mol. The van der Waals surface area contributed by atoms with Gasteiger partial charge in [-0.15, -0.1) is 0 Å². The quantitative estimate of drug-likeness (QED) is 0.902. The molecule has 4 heteroatoms. The van der Waals surface area contributed by atoms with Crippen LogP contribution in [0.5, 0.6) is 0 Å². The number of hydrogen-bond donors (Lipinski definition) is 1. The molecule has 1 aliphatic rings. The number of hydrogen-bond acceptors (Lipinski definition) is 2. The van der Waals surface area contributed by atoms with Gasteiger partial charge in [0.1, 0.15) is 6.04 Å². The van der Waals surface area contributed by atoms with E-state index in [-0.39, 0.29) is 17.7 Å². The van der Waals surface area contributed by atoms with Crippen LogP contribution in [-0.4, -0.2) is 35.0 Å². The highest BCUT2D eigenvalue weighted by Crippen LogP contribution is 2.49. The van der Waals surface area contributed by atoms with Gasteiger partial charge in [0, 0.05) is 13.0 Å². The van der Waals surface area contributed by atoms with Crippen LogP contribution in [0, 0.1) is 12.8 Å². The summed E-state index contributed by atoms with van der Waals surface area (Å²) >= 11 is 0. The second-order valence-electron chi connectivity index (χ2n) is 5.27. The number of benzene rings is 1. The third-order valence-electron chi connectivity index (χ3n) is 3.98. The molecule has 0 saturated heterocycles. The molecule has 0 aliphatic heterocycles. The molecule has 0 bridgehead atoms. The number of carbonyl (C=O) groups excluding carboxylic acids is 1. The number of nitrogens with zero attached hydrogens (tertiary/aromatic N) is 1. The van der Waals surface area contributed by atoms with E-state index < -0.39 is 12.0 Å². The van der Waals surface area contributed by atoms with E-state index in [9.17, 15) is 9.59 Å². The third-order valence-corrected chi connectivity index (χ3v) is 3.98. The fourth-order valence-corrected chi connectivity index (χ4v) is 2.43. The Morgan fingerprint density at radius 1 is 1.37 bits per heavy atom. The highest BCUT2D eigenvalue weighted by atomic mass is 16.4. The van der Waals surface area contributed by atoms with Gasteiger partial charge in [-0.05, 0) is 37.3 Å². The van der Waals surface area contributed by atoms with Gasteiger partial charge in [-0.1, -0.05) is 24.3 Å². The van der Waals surface area contributed by atoms with Crippen LogP contribution in [0.15, 0.2) is 24.3 Å². The van der Waals surface area contributed by atoms with Crippen molar-refractivity contribution in [3.8, 4) is 0 Å². The van der Waals surface area contributed by atoms with Gasteiger partial charge in [-0.2, -0.15) is 0 Å². The Bertz CT molecular complexity index is 512. The molecule has 102 valence electrons. The Hall–Kier alpha value is -1.84. The van der Waals surface area contributed by atoms with E-state index in [2.05, 4.69) is 0 Å². The standard InChI is InChI=1S/C15H19NO3/c1-9-6-4-5-7-11(9)12-8-13(12)14(17)16(3)10(2)15(18)19/h4-7,10,12-13H,8H2,1-3H3,(H,18,19)/t10-,12-,13+/m0/s1. The van der Waals surface area contributed by atoms with Crippen LogP contribution in [-0.2, 0) is 9.59 Å². The summed E-state index contributed by atoms with van der Waals surface area (Å²) in [6.07, 6.45) is 0.820. The number of rotatable bonds is 4. The van der Waals surface area contributed by atoms with Gasteiger partial charge in [-0.3, -0.25) is 4.79 Å². The Labute approximate surface area is 113 Å². The van der Waals surface area contributed by atoms with Crippen molar-refractivity contribution in [2.45, 2.75) is 32.2 Å². The molecule has 1 aromatic carbocycles. The molecular formula is C15H19NO3. The summed E-state index contributed by atoms with van der Waals surface area (Å²) in [4.78, 5) is 24.4. The lowest BCUT2D eigenvalue weighted by Crippen LogP contribution is -2.41. The Morgan fingerprint density at radius 2 is 2.00 bits per heavy atom. The van der Waals surface area contributed by atoms with Crippen molar-refractivity contribution in [2.75, 3.05) is 7.05 Å². The van der Waals surface area contributed by atoms with Crippen LogP contribution in [0.3, 0.4) is 0 Å². The average Bonchev–Trinajstić information content (AvgIpc) is 3.16. The van der Waals surface area contributed by atoms with Gasteiger partial charge in [0.15, 0.2) is 0 Å². The van der Waals surface area contributed by atoms with Gasteiger partial charge >= 0.3 is 5.97 Å². The number of carboxylic acid groups (broad SMARTS) is 1. The first-order valence-corrected chi connectivity index (χ1v) is 6.48. The zero-order valence-electron chi connectivity index (χ0n) is 11.5. The lowest BCUT2D eigenvalue weighted by atomic mass is 10.0. The third kappa shape index (κ3) is 2.62. The number of aryl methyl sites for hydroxylation is 1. The van der Waals surface area contributed by atoms with E-state index in [0.717, 1.165) is 6.42 Å². The second kappa shape index (κ2) is 5.03. The molecule has 1 saturated carbocycles. The molecule has 0 aromatic heterocycles. The number of carboxylic acids is 1. The van der Waals surface area contributed by atoms with Gasteiger partial charge < -0.3 is 10.0 Å². The van der Waals surface area contributed by atoms with Crippen molar-refractivity contribution >= 4 is 11.9 Å². The number of carbonyl (C=O) groups is 2. The monoisotopic (exact) mass is 261 g/mol. The van der Waals surface area contributed by atoms with Crippen molar-refractivity contribution in [1.82, 2.24) is 4.90 Å². The minimum Gasteiger partial charge on any atom is -0.480 e. The summed E-state index contributed by atoms with van der Waals surface area (Å²) in [6.45, 7) is 3.57. The highest BCUT2D eigenvalue weighted by Gasteiger charge is 2.46. The Kier molecular flexibility index (Phi) is 3.60. The highest BCUT2D eigenvalue weighted by molar-refractivity contribution is 5.87. The van der Waals surface area contributed by atoms with Crippen molar-refractivity contribution in [3.05, 3.63) is 35.4 Å². The molecule has 0 radical (unpaired) electrons. The summed E-state index contributed by atoms with van der Waals surface area (Å²) in [6, 6.07) is 7.28. The average molecular weight is 261 g/mol. The molecule has 0 heterocycles. The van der Waals surface area contributed by atoms with Crippen LogP contribution in [0.1, 0.15) is 30.4 Å². The first-order valence-electron chi connectivity index (χ1n) is 6.48. The maximum absolute atomic E-state index is 12.2. The van der Waals surface area contributed by atoms with Crippen LogP contribution >= 0.6 is 0 Å². The first-order chi connectivity index (χ1) is 8.93. The number of likely N-dealkylation sites (N-methyl/N-ethyl adjacent to an activating group) is 1. The predicted molar refractivity (Wildman–Crippen MR) is 71.9 cm³/mol. The molecule has 3 atom stereocenters. The fraction of sp³-hybridized carbons (Fsp3) is 0.467. The normalized spacial score (nSPS) is 22.7. The molecule has 0 unspecified atom stereocenters. The molecule has 4 nitrogen and oxygen atoms in total. The zero-order chi connectivity index (χ0) is 14.2. The van der Waals surface area contributed by atoms with Crippen molar-refractivity contribution in [1.29, 1.82) is 0 Å². The van der Waals surface area contributed by atoms with E-state index in [1.165, 1.54) is 23.0 Å². The van der Waals surface area contributed by atoms with Crippen LogP contribution in [0.4, 0.5) is 0 Å². The SMILES string of the molecule is Cc1ccccc1[C@@H]1C[C@H]1C(=O)N(C)[C@@H](C)C(=O)O. The van der Waals surface area contributed by atoms with Crippen LogP contribution < -0.4 is 0 Å². The fourth-order valence-electron chi connectivity index (χ4n) is 2.43. The van der Waals surface area contributed by atoms with E-state index in [0.29, 0.717) is 0 Å². The van der Waals surface area contributed by atoms with Gasteiger partial charge in [0.05, 0.1) is 0 Å². The van der Waals surface area contributed by atoms with E-state index in [1.807, 2.05) is 31.2 Å². The molecule has 19 heavy (non-hydrogen) atoms.